The van der Waals surface area contributed by atoms with Crippen LogP contribution in [0.25, 0.3) is 0 Å². The van der Waals surface area contributed by atoms with E-state index in [4.69, 9.17) is 5.11 Å². The number of carboxylic acid groups (broad SMARTS) is 1. The molecule has 0 bridgehead atoms. The molecule has 1 heterocycles. The number of hydrogen-bond acceptors (Lipinski definition) is 2. The summed E-state index contributed by atoms with van der Waals surface area (Å²) in [5, 5.41) is 8.76. The summed E-state index contributed by atoms with van der Waals surface area (Å²) in [6.45, 7) is 5.22. The van der Waals surface area contributed by atoms with Gasteiger partial charge in [-0.2, -0.15) is 0 Å². The Balaban J connectivity index is 2.48. The molecule has 0 aromatic heterocycles. The number of carbonyl (C=O) groups is 2. The number of rotatable bonds is 4. The van der Waals surface area contributed by atoms with Crippen LogP contribution in [0, 0.1) is 11.8 Å². The number of likely N-dealkylation sites (tertiary alicyclic amines) is 1. The van der Waals surface area contributed by atoms with Crippen LogP contribution in [0.5, 0.6) is 0 Å². The normalized spacial score (nSPS) is 24.0. The fourth-order valence-electron chi connectivity index (χ4n) is 1.62. The second-order valence-corrected chi connectivity index (χ2v) is 4.05. The average molecular weight is 199 g/mol. The third-order valence-electron chi connectivity index (χ3n) is 2.79. The van der Waals surface area contributed by atoms with Crippen LogP contribution in [0.4, 0.5) is 0 Å². The summed E-state index contributed by atoms with van der Waals surface area (Å²) < 4.78 is 0. The Bertz CT molecular complexity index is 240. The summed E-state index contributed by atoms with van der Waals surface area (Å²) in [7, 11) is 0. The molecular weight excluding hydrogens is 182 g/mol. The van der Waals surface area contributed by atoms with Crippen LogP contribution in [0.15, 0.2) is 0 Å². The van der Waals surface area contributed by atoms with Crippen LogP contribution >= 0.6 is 0 Å². The lowest BCUT2D eigenvalue weighted by atomic mass is 10.1. The van der Waals surface area contributed by atoms with Crippen molar-refractivity contribution in [1.82, 2.24) is 4.90 Å². The highest BCUT2D eigenvalue weighted by Crippen LogP contribution is 2.19. The van der Waals surface area contributed by atoms with Crippen molar-refractivity contribution in [3.05, 3.63) is 0 Å². The van der Waals surface area contributed by atoms with E-state index in [0.717, 1.165) is 6.42 Å². The summed E-state index contributed by atoms with van der Waals surface area (Å²) >= 11 is 0. The molecule has 1 rings (SSSR count). The second-order valence-electron chi connectivity index (χ2n) is 4.05. The summed E-state index contributed by atoms with van der Waals surface area (Å²) in [4.78, 5) is 23.7. The number of nitrogens with zero attached hydrogens (tertiary/aromatic N) is 1. The van der Waals surface area contributed by atoms with Gasteiger partial charge in [0, 0.05) is 19.5 Å². The second kappa shape index (κ2) is 4.44. The van der Waals surface area contributed by atoms with E-state index < -0.39 is 11.9 Å². The van der Waals surface area contributed by atoms with Crippen LogP contribution in [0.3, 0.4) is 0 Å². The number of aliphatic carboxylic acids is 1. The first-order valence-electron chi connectivity index (χ1n) is 5.05. The Kier molecular flexibility index (Phi) is 3.49. The lowest BCUT2D eigenvalue weighted by molar-refractivity contribution is -0.141. The highest BCUT2D eigenvalue weighted by atomic mass is 16.4. The maximum atomic E-state index is 11.4. The van der Waals surface area contributed by atoms with Gasteiger partial charge in [0.2, 0.25) is 5.91 Å². The van der Waals surface area contributed by atoms with Gasteiger partial charge in [-0.25, -0.2) is 0 Å². The lowest BCUT2D eigenvalue weighted by Crippen LogP contribution is -2.30. The fraction of sp³-hybridized carbons (Fsp3) is 0.800. The third-order valence-corrected chi connectivity index (χ3v) is 2.79. The Morgan fingerprint density at radius 3 is 2.79 bits per heavy atom. The molecule has 1 aliphatic rings. The molecule has 14 heavy (non-hydrogen) atoms. The molecule has 1 amide bonds. The number of hydrogen-bond donors (Lipinski definition) is 1. The van der Waals surface area contributed by atoms with Gasteiger partial charge in [-0.15, -0.1) is 0 Å². The zero-order valence-corrected chi connectivity index (χ0v) is 8.69. The molecule has 2 unspecified atom stereocenters. The van der Waals surface area contributed by atoms with E-state index >= 15 is 0 Å². The van der Waals surface area contributed by atoms with E-state index in [2.05, 4.69) is 13.8 Å². The van der Waals surface area contributed by atoms with E-state index in [1.54, 1.807) is 4.90 Å². The molecule has 0 saturated carbocycles. The summed E-state index contributed by atoms with van der Waals surface area (Å²) in [5.74, 6) is -0.916. The van der Waals surface area contributed by atoms with Crippen LogP contribution in [-0.2, 0) is 9.59 Å². The summed E-state index contributed by atoms with van der Waals surface area (Å²) in [6.07, 6.45) is 1.19. The molecule has 80 valence electrons. The molecule has 2 atom stereocenters. The monoisotopic (exact) mass is 199 g/mol. The van der Waals surface area contributed by atoms with Gasteiger partial charge >= 0.3 is 5.97 Å². The molecule has 4 nitrogen and oxygen atoms in total. The minimum atomic E-state index is -0.856. The number of amides is 1. The van der Waals surface area contributed by atoms with Gasteiger partial charge in [0.05, 0.1) is 5.92 Å². The molecule has 4 heteroatoms. The first-order chi connectivity index (χ1) is 6.54. The Labute approximate surface area is 83.9 Å². The molecule has 1 N–H and O–H groups in total. The van der Waals surface area contributed by atoms with E-state index in [-0.39, 0.29) is 12.3 Å². The molecule has 1 aliphatic heterocycles. The van der Waals surface area contributed by atoms with Crippen molar-refractivity contribution in [1.29, 1.82) is 0 Å². The maximum Gasteiger partial charge on any atom is 0.308 e. The lowest BCUT2D eigenvalue weighted by Gasteiger charge is -2.19. The highest BCUT2D eigenvalue weighted by molar-refractivity contribution is 5.86. The Morgan fingerprint density at radius 2 is 2.36 bits per heavy atom. The Hall–Kier alpha value is -1.06. The molecule has 1 saturated heterocycles. The van der Waals surface area contributed by atoms with Gasteiger partial charge in [-0.3, -0.25) is 9.59 Å². The van der Waals surface area contributed by atoms with Gasteiger partial charge in [0.15, 0.2) is 0 Å². The molecule has 0 aromatic carbocycles. The molecule has 1 fully saturated rings. The zero-order valence-electron chi connectivity index (χ0n) is 8.69. The topological polar surface area (TPSA) is 57.6 Å². The van der Waals surface area contributed by atoms with Crippen LogP contribution in [-0.4, -0.2) is 35.0 Å². The first kappa shape index (κ1) is 11.0. The van der Waals surface area contributed by atoms with Crippen molar-refractivity contribution < 1.29 is 14.7 Å². The maximum absolute atomic E-state index is 11.4. The molecule has 0 aromatic rings. The van der Waals surface area contributed by atoms with Crippen LogP contribution in [0.1, 0.15) is 26.7 Å². The van der Waals surface area contributed by atoms with Gasteiger partial charge < -0.3 is 10.0 Å². The van der Waals surface area contributed by atoms with Crippen molar-refractivity contribution in [2.24, 2.45) is 11.8 Å². The minimum Gasteiger partial charge on any atom is -0.481 e. The quantitative estimate of drug-likeness (QED) is 0.733. The SMILES string of the molecule is CCC(C)CN1CC(C(=O)O)CC1=O. The number of carboxylic acids is 1. The molecule has 0 spiro atoms. The third kappa shape index (κ3) is 2.47. The summed E-state index contributed by atoms with van der Waals surface area (Å²) in [6, 6.07) is 0. The average Bonchev–Trinajstić information content (AvgIpc) is 2.48. The van der Waals surface area contributed by atoms with Crippen molar-refractivity contribution >= 4 is 11.9 Å². The van der Waals surface area contributed by atoms with Gasteiger partial charge in [0.25, 0.3) is 0 Å². The summed E-state index contributed by atoms with van der Waals surface area (Å²) in [5.41, 5.74) is 0. The van der Waals surface area contributed by atoms with E-state index in [0.29, 0.717) is 19.0 Å². The first-order valence-corrected chi connectivity index (χ1v) is 5.05. The number of carbonyl (C=O) groups excluding carboxylic acids is 1. The van der Waals surface area contributed by atoms with Gasteiger partial charge in [-0.1, -0.05) is 20.3 Å². The van der Waals surface area contributed by atoms with Crippen molar-refractivity contribution in [3.63, 3.8) is 0 Å². The van der Waals surface area contributed by atoms with Crippen molar-refractivity contribution in [2.75, 3.05) is 13.1 Å². The predicted molar refractivity (Wildman–Crippen MR) is 51.8 cm³/mol. The van der Waals surface area contributed by atoms with Gasteiger partial charge in [0.1, 0.15) is 0 Å². The predicted octanol–water partition coefficient (Wildman–Crippen LogP) is 0.966. The smallest absolute Gasteiger partial charge is 0.308 e. The van der Waals surface area contributed by atoms with Crippen LogP contribution < -0.4 is 0 Å². The van der Waals surface area contributed by atoms with Crippen LogP contribution in [0.2, 0.25) is 0 Å². The molecule has 0 aliphatic carbocycles. The van der Waals surface area contributed by atoms with Crippen molar-refractivity contribution in [2.45, 2.75) is 26.7 Å². The van der Waals surface area contributed by atoms with Gasteiger partial charge in [-0.05, 0) is 5.92 Å². The highest BCUT2D eigenvalue weighted by Gasteiger charge is 2.34. The van der Waals surface area contributed by atoms with E-state index in [1.165, 1.54) is 0 Å². The van der Waals surface area contributed by atoms with E-state index in [9.17, 15) is 9.59 Å². The fourth-order valence-corrected chi connectivity index (χ4v) is 1.62. The largest absolute Gasteiger partial charge is 0.481 e. The zero-order chi connectivity index (χ0) is 10.7. The van der Waals surface area contributed by atoms with E-state index in [1.807, 2.05) is 0 Å². The Morgan fingerprint density at radius 1 is 1.71 bits per heavy atom. The van der Waals surface area contributed by atoms with Crippen molar-refractivity contribution in [3.8, 4) is 0 Å². The minimum absolute atomic E-state index is 0.0160. The molecule has 0 radical (unpaired) electrons. The standard InChI is InChI=1S/C10H17NO3/c1-3-7(2)5-11-6-8(10(13)14)4-9(11)12/h7-8H,3-6H2,1-2H3,(H,13,14). The molecular formula is C10H17NO3.